The third-order valence-electron chi connectivity index (χ3n) is 3.65. The van der Waals surface area contributed by atoms with Gasteiger partial charge in [0.05, 0.1) is 0 Å². The van der Waals surface area contributed by atoms with E-state index in [4.69, 9.17) is 4.74 Å². The molecule has 0 spiro atoms. The highest BCUT2D eigenvalue weighted by Gasteiger charge is 2.26. The van der Waals surface area contributed by atoms with Crippen LogP contribution in [0, 0.1) is 9.49 Å². The third kappa shape index (κ3) is 5.10. The molecule has 2 aromatic rings. The molecule has 6 heteroatoms. The third-order valence-corrected chi connectivity index (χ3v) is 4.32. The van der Waals surface area contributed by atoms with Gasteiger partial charge in [0.1, 0.15) is 11.9 Å². The number of aromatic hydroxyl groups is 1. The maximum absolute atomic E-state index is 12.2. The van der Waals surface area contributed by atoms with Crippen molar-refractivity contribution in [3.05, 3.63) is 57.7 Å². The number of aliphatic hydroxyl groups excluding tert-OH is 1. The van der Waals surface area contributed by atoms with Crippen LogP contribution in [0.1, 0.15) is 25.0 Å². The van der Waals surface area contributed by atoms with Crippen LogP contribution in [0.25, 0.3) is 0 Å². The molecule has 0 heterocycles. The SMILES string of the molecule is C[C@H](CCO)[C@@H](OC(=O)Nc1ccccc1)c1cc(I)ccc1O. The van der Waals surface area contributed by atoms with Gasteiger partial charge in [-0.2, -0.15) is 0 Å². The lowest BCUT2D eigenvalue weighted by Crippen LogP contribution is -2.22. The van der Waals surface area contributed by atoms with E-state index in [1.165, 1.54) is 0 Å². The molecule has 0 aromatic heterocycles. The van der Waals surface area contributed by atoms with Crippen molar-refractivity contribution in [1.82, 2.24) is 0 Å². The summed E-state index contributed by atoms with van der Waals surface area (Å²) in [6.07, 6.45) is -0.807. The summed E-state index contributed by atoms with van der Waals surface area (Å²) in [7, 11) is 0. The summed E-state index contributed by atoms with van der Waals surface area (Å²) in [6, 6.07) is 14.1. The van der Waals surface area contributed by atoms with E-state index in [9.17, 15) is 15.0 Å². The molecule has 0 bridgehead atoms. The Balaban J connectivity index is 2.20. The van der Waals surface area contributed by atoms with Crippen LogP contribution in [-0.4, -0.2) is 22.9 Å². The molecule has 0 saturated carbocycles. The van der Waals surface area contributed by atoms with Gasteiger partial charge in [0, 0.05) is 21.4 Å². The van der Waals surface area contributed by atoms with E-state index >= 15 is 0 Å². The van der Waals surface area contributed by atoms with Gasteiger partial charge in [-0.3, -0.25) is 5.32 Å². The number of phenolic OH excluding ortho intramolecular Hbond substituents is 1. The van der Waals surface area contributed by atoms with E-state index in [0.717, 1.165) is 3.57 Å². The molecule has 1 amide bonds. The number of rotatable bonds is 6. The van der Waals surface area contributed by atoms with Gasteiger partial charge in [-0.1, -0.05) is 25.1 Å². The second-order valence-corrected chi connectivity index (χ2v) is 6.76. The van der Waals surface area contributed by atoms with Gasteiger partial charge in [-0.05, 0) is 65.3 Å². The van der Waals surface area contributed by atoms with Crippen molar-refractivity contribution in [1.29, 1.82) is 0 Å². The van der Waals surface area contributed by atoms with E-state index in [-0.39, 0.29) is 18.3 Å². The molecule has 128 valence electrons. The normalized spacial score (nSPS) is 13.1. The van der Waals surface area contributed by atoms with E-state index in [1.807, 2.05) is 25.1 Å². The van der Waals surface area contributed by atoms with Gasteiger partial charge in [-0.25, -0.2) is 4.79 Å². The predicted octanol–water partition coefficient (Wildman–Crippen LogP) is 4.31. The first kappa shape index (κ1) is 18.5. The highest BCUT2D eigenvalue weighted by molar-refractivity contribution is 14.1. The molecular formula is C18H20INO4. The average Bonchev–Trinajstić information content (AvgIpc) is 2.56. The first-order valence-corrected chi connectivity index (χ1v) is 8.71. The van der Waals surface area contributed by atoms with Crippen LogP contribution in [0.15, 0.2) is 48.5 Å². The van der Waals surface area contributed by atoms with Crippen molar-refractivity contribution in [2.24, 2.45) is 5.92 Å². The largest absolute Gasteiger partial charge is 0.508 e. The number of carbonyl (C=O) groups is 1. The molecule has 5 nitrogen and oxygen atoms in total. The molecule has 0 radical (unpaired) electrons. The Hall–Kier alpha value is -1.80. The number of ether oxygens (including phenoxy) is 1. The maximum Gasteiger partial charge on any atom is 0.412 e. The van der Waals surface area contributed by atoms with Crippen molar-refractivity contribution in [3.8, 4) is 5.75 Å². The van der Waals surface area contributed by atoms with Crippen molar-refractivity contribution in [2.45, 2.75) is 19.4 Å². The number of benzene rings is 2. The Labute approximate surface area is 154 Å². The predicted molar refractivity (Wildman–Crippen MR) is 101 cm³/mol. The lowest BCUT2D eigenvalue weighted by Gasteiger charge is -2.25. The topological polar surface area (TPSA) is 78.8 Å². The molecule has 2 rings (SSSR count). The first-order chi connectivity index (χ1) is 11.5. The second kappa shape index (κ2) is 8.89. The zero-order valence-corrected chi connectivity index (χ0v) is 15.4. The Morgan fingerprint density at radius 2 is 1.96 bits per heavy atom. The zero-order valence-electron chi connectivity index (χ0n) is 13.3. The van der Waals surface area contributed by atoms with Gasteiger partial charge < -0.3 is 14.9 Å². The van der Waals surface area contributed by atoms with Gasteiger partial charge >= 0.3 is 6.09 Å². The van der Waals surface area contributed by atoms with Crippen molar-refractivity contribution in [2.75, 3.05) is 11.9 Å². The maximum atomic E-state index is 12.2. The Kier molecular flexibility index (Phi) is 6.86. The van der Waals surface area contributed by atoms with E-state index in [2.05, 4.69) is 27.9 Å². The quantitative estimate of drug-likeness (QED) is 0.584. The fourth-order valence-electron chi connectivity index (χ4n) is 2.38. The Morgan fingerprint density at radius 1 is 1.25 bits per heavy atom. The van der Waals surface area contributed by atoms with Crippen LogP contribution in [0.2, 0.25) is 0 Å². The van der Waals surface area contributed by atoms with E-state index < -0.39 is 12.2 Å². The zero-order chi connectivity index (χ0) is 17.5. The summed E-state index contributed by atoms with van der Waals surface area (Å²) in [5.41, 5.74) is 1.16. The van der Waals surface area contributed by atoms with Crippen molar-refractivity contribution >= 4 is 34.4 Å². The number of hydrogen-bond donors (Lipinski definition) is 3. The van der Waals surface area contributed by atoms with Crippen LogP contribution in [0.3, 0.4) is 0 Å². The molecule has 0 aliphatic rings. The van der Waals surface area contributed by atoms with Crippen LogP contribution < -0.4 is 5.32 Å². The lowest BCUT2D eigenvalue weighted by atomic mass is 9.94. The molecule has 0 aliphatic heterocycles. The second-order valence-electron chi connectivity index (χ2n) is 5.51. The minimum atomic E-state index is -0.657. The van der Waals surface area contributed by atoms with Crippen molar-refractivity contribution < 1.29 is 19.7 Å². The molecule has 2 aromatic carbocycles. The standard InChI is InChI=1S/C18H20INO4/c1-12(9-10-21)17(15-11-13(19)7-8-16(15)22)24-18(23)20-14-5-3-2-4-6-14/h2-8,11-12,17,21-22H,9-10H2,1H3,(H,20,23)/t12-,17-/m1/s1. The number of carbonyl (C=O) groups excluding carboxylic acids is 1. The Bertz CT molecular complexity index is 678. The fourth-order valence-corrected chi connectivity index (χ4v) is 2.89. The number of phenols is 1. The van der Waals surface area contributed by atoms with Crippen LogP contribution >= 0.6 is 22.6 Å². The smallest absolute Gasteiger partial charge is 0.412 e. The molecule has 3 N–H and O–H groups in total. The van der Waals surface area contributed by atoms with Crippen LogP contribution in [0.4, 0.5) is 10.5 Å². The molecule has 0 unspecified atom stereocenters. The monoisotopic (exact) mass is 441 g/mol. The van der Waals surface area contributed by atoms with E-state index in [0.29, 0.717) is 17.7 Å². The van der Waals surface area contributed by atoms with Gasteiger partial charge in [0.2, 0.25) is 0 Å². The highest BCUT2D eigenvalue weighted by Crippen LogP contribution is 2.35. The minimum absolute atomic E-state index is 0.0218. The molecule has 0 aliphatic carbocycles. The van der Waals surface area contributed by atoms with Crippen LogP contribution in [-0.2, 0) is 4.74 Å². The van der Waals surface area contributed by atoms with Crippen LogP contribution in [0.5, 0.6) is 5.75 Å². The summed E-state index contributed by atoms with van der Waals surface area (Å²) in [5.74, 6) is -0.0849. The average molecular weight is 441 g/mol. The summed E-state index contributed by atoms with van der Waals surface area (Å²) >= 11 is 2.14. The summed E-state index contributed by atoms with van der Waals surface area (Å²) in [6.45, 7) is 1.85. The molecule has 2 atom stereocenters. The Morgan fingerprint density at radius 3 is 2.62 bits per heavy atom. The summed E-state index contributed by atoms with van der Waals surface area (Å²) in [4.78, 5) is 12.2. The molecule has 0 saturated heterocycles. The number of amides is 1. The number of anilines is 1. The summed E-state index contributed by atoms with van der Waals surface area (Å²) in [5, 5.41) is 22.0. The minimum Gasteiger partial charge on any atom is -0.508 e. The first-order valence-electron chi connectivity index (χ1n) is 7.63. The number of halogens is 1. The number of nitrogens with one attached hydrogen (secondary N) is 1. The number of aliphatic hydroxyl groups is 1. The van der Waals surface area contributed by atoms with Crippen molar-refractivity contribution in [3.63, 3.8) is 0 Å². The molecule has 24 heavy (non-hydrogen) atoms. The van der Waals surface area contributed by atoms with Gasteiger partial charge in [0.25, 0.3) is 0 Å². The number of para-hydroxylation sites is 1. The number of hydrogen-bond acceptors (Lipinski definition) is 4. The molecular weight excluding hydrogens is 421 g/mol. The molecule has 0 fully saturated rings. The fraction of sp³-hybridized carbons (Fsp3) is 0.278. The lowest BCUT2D eigenvalue weighted by molar-refractivity contribution is 0.0652. The van der Waals surface area contributed by atoms with Gasteiger partial charge in [0.15, 0.2) is 0 Å². The summed E-state index contributed by atoms with van der Waals surface area (Å²) < 4.78 is 6.49. The van der Waals surface area contributed by atoms with Gasteiger partial charge in [-0.15, -0.1) is 0 Å². The van der Waals surface area contributed by atoms with E-state index in [1.54, 1.807) is 30.3 Å². The highest BCUT2D eigenvalue weighted by atomic mass is 127.